The number of nitrogens with zero attached hydrogens (tertiary/aromatic N) is 1. The Balaban J connectivity index is 2.24. The maximum Gasteiger partial charge on any atom is 0.146 e. The van der Waals surface area contributed by atoms with Gasteiger partial charge < -0.3 is 10.2 Å². The summed E-state index contributed by atoms with van der Waals surface area (Å²) in [5, 5.41) is 0.557. The second-order valence-electron chi connectivity index (χ2n) is 3.05. The first-order valence-corrected chi connectivity index (χ1v) is 5.02. The molecular weight excluding hydrogens is 226 g/mol. The summed E-state index contributed by atoms with van der Waals surface area (Å²) in [4.78, 5) is 3.97. The molecule has 1 aromatic heterocycles. The average molecular weight is 236 g/mol. The molecule has 0 amide bonds. The van der Waals surface area contributed by atoms with Crippen LogP contribution in [0.25, 0.3) is 0 Å². The van der Waals surface area contributed by atoms with E-state index in [-0.39, 0.29) is 0 Å². The number of para-hydroxylation sites is 1. The number of hydrogen-bond donors (Lipinski definition) is 2. The van der Waals surface area contributed by atoms with Crippen LogP contribution in [0.4, 0.5) is 5.82 Å². The summed E-state index contributed by atoms with van der Waals surface area (Å²) in [6.07, 6.45) is 1.60. The fraction of sp³-hybridized carbons (Fsp3) is 0. The Labute approximate surface area is 98.0 Å². The van der Waals surface area contributed by atoms with Crippen LogP contribution in [0.2, 0.25) is 5.02 Å². The molecule has 2 aromatic rings. The molecule has 0 bridgehead atoms. The summed E-state index contributed by atoms with van der Waals surface area (Å²) in [7, 11) is 0. The van der Waals surface area contributed by atoms with E-state index in [0.717, 1.165) is 0 Å². The zero-order chi connectivity index (χ0) is 11.4. The predicted molar refractivity (Wildman–Crippen MR) is 63.6 cm³/mol. The number of nitrogens with one attached hydrogen (secondary N) is 1. The van der Waals surface area contributed by atoms with Crippen molar-refractivity contribution in [2.24, 2.45) is 5.84 Å². The number of hydrogen-bond acceptors (Lipinski definition) is 4. The van der Waals surface area contributed by atoms with Crippen LogP contribution < -0.4 is 16.0 Å². The van der Waals surface area contributed by atoms with Gasteiger partial charge in [-0.15, -0.1) is 0 Å². The maximum absolute atomic E-state index is 5.97. The summed E-state index contributed by atoms with van der Waals surface area (Å²) < 4.78 is 5.58. The molecule has 0 fully saturated rings. The first-order valence-electron chi connectivity index (χ1n) is 4.64. The minimum absolute atomic E-state index is 0.532. The predicted octanol–water partition coefficient (Wildman–Crippen LogP) is 2.81. The van der Waals surface area contributed by atoms with Gasteiger partial charge >= 0.3 is 0 Å². The highest BCUT2D eigenvalue weighted by atomic mass is 35.5. The molecule has 2 rings (SSSR count). The lowest BCUT2D eigenvalue weighted by Gasteiger charge is -2.07. The van der Waals surface area contributed by atoms with Crippen LogP contribution in [0.3, 0.4) is 0 Å². The lowest BCUT2D eigenvalue weighted by molar-refractivity contribution is 0.482. The molecule has 0 aliphatic rings. The molecule has 1 heterocycles. The number of benzene rings is 1. The summed E-state index contributed by atoms with van der Waals surface area (Å²) in [5.74, 6) is 7.00. The minimum atomic E-state index is 0.532. The van der Waals surface area contributed by atoms with Crippen LogP contribution in [0.15, 0.2) is 42.6 Å². The molecule has 5 heteroatoms. The van der Waals surface area contributed by atoms with Crippen LogP contribution in [-0.4, -0.2) is 4.98 Å². The van der Waals surface area contributed by atoms with Crippen molar-refractivity contribution in [3.05, 3.63) is 47.6 Å². The number of pyridine rings is 1. The maximum atomic E-state index is 5.97. The number of nitrogens with two attached hydrogens (primary N) is 1. The zero-order valence-corrected chi connectivity index (χ0v) is 9.11. The van der Waals surface area contributed by atoms with Crippen LogP contribution in [0.5, 0.6) is 11.5 Å². The first kappa shape index (κ1) is 10.7. The van der Waals surface area contributed by atoms with E-state index in [1.165, 1.54) is 0 Å². The van der Waals surface area contributed by atoms with E-state index in [1.54, 1.807) is 30.5 Å². The number of hydrazine groups is 1. The van der Waals surface area contributed by atoms with E-state index in [9.17, 15) is 0 Å². The molecule has 0 aliphatic carbocycles. The lowest BCUT2D eigenvalue weighted by Crippen LogP contribution is -2.08. The highest BCUT2D eigenvalue weighted by molar-refractivity contribution is 6.32. The number of rotatable bonds is 3. The third-order valence-electron chi connectivity index (χ3n) is 1.94. The number of nitrogen functional groups attached to an aromatic ring is 1. The Morgan fingerprint density at radius 2 is 2.06 bits per heavy atom. The summed E-state index contributed by atoms with van der Waals surface area (Å²) in [5.41, 5.74) is 2.44. The monoisotopic (exact) mass is 235 g/mol. The van der Waals surface area contributed by atoms with Crippen molar-refractivity contribution in [2.75, 3.05) is 5.43 Å². The molecule has 0 saturated carbocycles. The molecule has 16 heavy (non-hydrogen) atoms. The van der Waals surface area contributed by atoms with Crippen molar-refractivity contribution in [2.45, 2.75) is 0 Å². The van der Waals surface area contributed by atoms with E-state index < -0.39 is 0 Å². The van der Waals surface area contributed by atoms with E-state index in [0.29, 0.717) is 22.3 Å². The van der Waals surface area contributed by atoms with E-state index in [2.05, 4.69) is 10.4 Å². The third-order valence-corrected chi connectivity index (χ3v) is 2.26. The lowest BCUT2D eigenvalue weighted by atomic mass is 10.3. The molecule has 0 saturated heterocycles. The standard InChI is InChI=1S/C11H10ClN3O/c12-9-3-1-2-4-10(9)16-8-5-6-14-11(7-8)15-13/h1-7H,13H2,(H,14,15). The molecule has 3 N–H and O–H groups in total. The van der Waals surface area contributed by atoms with Crippen LogP contribution >= 0.6 is 11.6 Å². The Morgan fingerprint density at radius 3 is 2.81 bits per heavy atom. The Kier molecular flexibility index (Phi) is 3.24. The summed E-state index contributed by atoms with van der Waals surface area (Å²) >= 11 is 5.97. The van der Waals surface area contributed by atoms with Gasteiger partial charge in [-0.2, -0.15) is 0 Å². The highest BCUT2D eigenvalue weighted by Gasteiger charge is 2.02. The Bertz CT molecular complexity index is 490. The summed E-state index contributed by atoms with van der Waals surface area (Å²) in [6.45, 7) is 0. The number of anilines is 1. The van der Waals surface area contributed by atoms with Gasteiger partial charge in [0, 0.05) is 12.3 Å². The van der Waals surface area contributed by atoms with E-state index in [4.69, 9.17) is 22.2 Å². The largest absolute Gasteiger partial charge is 0.456 e. The van der Waals surface area contributed by atoms with Crippen molar-refractivity contribution in [3.63, 3.8) is 0 Å². The molecule has 1 aromatic carbocycles. The fourth-order valence-electron chi connectivity index (χ4n) is 1.21. The van der Waals surface area contributed by atoms with Crippen LogP contribution in [-0.2, 0) is 0 Å². The second-order valence-corrected chi connectivity index (χ2v) is 3.46. The molecule has 0 radical (unpaired) electrons. The molecule has 0 atom stereocenters. The van der Waals surface area contributed by atoms with Crippen LogP contribution in [0, 0.1) is 0 Å². The van der Waals surface area contributed by atoms with Gasteiger partial charge in [0.05, 0.1) is 5.02 Å². The fourth-order valence-corrected chi connectivity index (χ4v) is 1.38. The van der Waals surface area contributed by atoms with Crippen molar-refractivity contribution < 1.29 is 4.74 Å². The Hall–Kier alpha value is -1.78. The molecule has 4 nitrogen and oxygen atoms in total. The molecule has 82 valence electrons. The van der Waals surface area contributed by atoms with Gasteiger partial charge in [-0.1, -0.05) is 23.7 Å². The third kappa shape index (κ3) is 2.42. The van der Waals surface area contributed by atoms with Gasteiger partial charge in [-0.05, 0) is 18.2 Å². The van der Waals surface area contributed by atoms with Gasteiger partial charge in [-0.25, -0.2) is 10.8 Å². The van der Waals surface area contributed by atoms with Crippen molar-refractivity contribution in [1.29, 1.82) is 0 Å². The number of aromatic nitrogens is 1. The van der Waals surface area contributed by atoms with Crippen LogP contribution in [0.1, 0.15) is 0 Å². The van der Waals surface area contributed by atoms with Crippen molar-refractivity contribution in [3.8, 4) is 11.5 Å². The first-order chi connectivity index (χ1) is 7.79. The molecular formula is C11H10ClN3O. The van der Waals surface area contributed by atoms with E-state index >= 15 is 0 Å². The smallest absolute Gasteiger partial charge is 0.146 e. The topological polar surface area (TPSA) is 60.2 Å². The van der Waals surface area contributed by atoms with E-state index in [1.807, 2.05) is 12.1 Å². The quantitative estimate of drug-likeness (QED) is 0.634. The molecule has 0 spiro atoms. The molecule has 0 unspecified atom stereocenters. The molecule has 0 aliphatic heterocycles. The normalized spacial score (nSPS) is 9.88. The van der Waals surface area contributed by atoms with Gasteiger partial charge in [0.1, 0.15) is 17.3 Å². The van der Waals surface area contributed by atoms with Gasteiger partial charge in [0.2, 0.25) is 0 Å². The highest BCUT2D eigenvalue weighted by Crippen LogP contribution is 2.29. The van der Waals surface area contributed by atoms with Crippen molar-refractivity contribution in [1.82, 2.24) is 4.98 Å². The van der Waals surface area contributed by atoms with Gasteiger partial charge in [0.15, 0.2) is 0 Å². The SMILES string of the molecule is NNc1cc(Oc2ccccc2Cl)ccn1. The zero-order valence-electron chi connectivity index (χ0n) is 8.35. The number of halogens is 1. The average Bonchev–Trinajstić information content (AvgIpc) is 2.32. The van der Waals surface area contributed by atoms with Crippen molar-refractivity contribution >= 4 is 17.4 Å². The van der Waals surface area contributed by atoms with Gasteiger partial charge in [-0.3, -0.25) is 0 Å². The Morgan fingerprint density at radius 1 is 1.25 bits per heavy atom. The number of ether oxygens (including phenoxy) is 1. The van der Waals surface area contributed by atoms with Gasteiger partial charge in [0.25, 0.3) is 0 Å². The minimum Gasteiger partial charge on any atom is -0.456 e. The summed E-state index contributed by atoms with van der Waals surface area (Å²) in [6, 6.07) is 10.7. The second kappa shape index (κ2) is 4.83.